The first-order valence-electron chi connectivity index (χ1n) is 6.04. The Labute approximate surface area is 133 Å². The molecule has 0 fully saturated rings. The van der Waals surface area contributed by atoms with Crippen LogP contribution in [0, 0.1) is 0 Å². The molecule has 0 spiro atoms. The summed E-state index contributed by atoms with van der Waals surface area (Å²) in [6.45, 7) is 0.871. The second-order valence-electron chi connectivity index (χ2n) is 4.09. The van der Waals surface area contributed by atoms with Crippen molar-refractivity contribution in [3.8, 4) is 11.5 Å². The maximum atomic E-state index is 8.71. The van der Waals surface area contributed by atoms with Crippen LogP contribution in [-0.4, -0.2) is 18.3 Å². The Balaban J connectivity index is 2.06. The van der Waals surface area contributed by atoms with Crippen LogP contribution in [0.2, 0.25) is 0 Å². The monoisotopic (exact) mass is 485 g/mol. The average molecular weight is 485 g/mol. The third kappa shape index (κ3) is 4.64. The summed E-state index contributed by atoms with van der Waals surface area (Å²) in [6, 6.07) is 12.2. The first-order chi connectivity index (χ1) is 9.33. The SMILES string of the molecule is OCCCCOc1ccc2cc(O[I-]I)ccc2c1. The normalized spacial score (nSPS) is 10.8. The number of benzene rings is 2. The van der Waals surface area contributed by atoms with E-state index < -0.39 is 0 Å². The molecular weight excluding hydrogens is 470 g/mol. The molecule has 0 saturated heterocycles. The summed E-state index contributed by atoms with van der Waals surface area (Å²) in [5, 5.41) is 11.0. The van der Waals surface area contributed by atoms with Gasteiger partial charge in [0, 0.05) is 0 Å². The number of unbranched alkanes of at least 4 members (excludes halogenated alkanes) is 1. The van der Waals surface area contributed by atoms with Gasteiger partial charge in [-0.3, -0.25) is 0 Å². The van der Waals surface area contributed by atoms with Crippen molar-refractivity contribution >= 4 is 29.4 Å². The van der Waals surface area contributed by atoms with Crippen molar-refractivity contribution in [2.75, 3.05) is 13.2 Å². The zero-order chi connectivity index (χ0) is 13.5. The number of halogens is 2. The third-order valence-electron chi connectivity index (χ3n) is 2.72. The van der Waals surface area contributed by atoms with Crippen LogP contribution in [0.1, 0.15) is 12.8 Å². The van der Waals surface area contributed by atoms with Crippen molar-refractivity contribution in [1.82, 2.24) is 0 Å². The van der Waals surface area contributed by atoms with Crippen molar-refractivity contribution in [2.45, 2.75) is 12.8 Å². The van der Waals surface area contributed by atoms with Crippen LogP contribution >= 0.6 is 18.6 Å². The Morgan fingerprint density at radius 3 is 2.37 bits per heavy atom. The van der Waals surface area contributed by atoms with Gasteiger partial charge in [-0.05, 0) is 0 Å². The molecule has 5 heteroatoms. The Bertz CT molecular complexity index is 531. The van der Waals surface area contributed by atoms with Gasteiger partial charge in [-0.15, -0.1) is 0 Å². The van der Waals surface area contributed by atoms with Crippen LogP contribution in [0.15, 0.2) is 36.4 Å². The van der Waals surface area contributed by atoms with E-state index in [0.29, 0.717) is 6.61 Å². The molecular formula is C14H15I2O3-. The van der Waals surface area contributed by atoms with Gasteiger partial charge in [0.05, 0.1) is 0 Å². The van der Waals surface area contributed by atoms with E-state index >= 15 is 0 Å². The van der Waals surface area contributed by atoms with Crippen LogP contribution in [0.25, 0.3) is 10.8 Å². The number of hydrogen-bond donors (Lipinski definition) is 1. The fourth-order valence-electron chi connectivity index (χ4n) is 1.78. The van der Waals surface area contributed by atoms with Crippen LogP contribution in [-0.2, 0) is 0 Å². The van der Waals surface area contributed by atoms with Gasteiger partial charge in [0.2, 0.25) is 0 Å². The number of hydrogen-bond acceptors (Lipinski definition) is 3. The molecule has 0 saturated carbocycles. The number of fused-ring (bicyclic) bond motifs is 1. The number of aliphatic hydroxyl groups is 1. The maximum absolute atomic E-state index is 8.71. The summed E-state index contributed by atoms with van der Waals surface area (Å²) in [7, 11) is 0. The van der Waals surface area contributed by atoms with Gasteiger partial charge in [-0.1, -0.05) is 0 Å². The van der Waals surface area contributed by atoms with Crippen molar-refractivity contribution in [1.29, 1.82) is 0 Å². The molecule has 0 heterocycles. The van der Waals surface area contributed by atoms with Gasteiger partial charge in [0.1, 0.15) is 0 Å². The summed E-state index contributed by atoms with van der Waals surface area (Å²) in [5.74, 6) is 1.81. The molecule has 104 valence electrons. The molecule has 0 unspecified atom stereocenters. The quantitative estimate of drug-likeness (QED) is 0.465. The van der Waals surface area contributed by atoms with E-state index in [0.717, 1.165) is 35.1 Å². The Hall–Kier alpha value is -0.280. The standard InChI is InChI=1S/C14H15I2O3/c15-16-19-14-6-4-11-9-13(5-3-12(11)10-14)18-8-2-1-7-17/h3-6,9-10,17H,1-2,7-8H2/q-1. The summed E-state index contributed by atoms with van der Waals surface area (Å²) in [4.78, 5) is 0. The first kappa shape index (κ1) is 15.1. The van der Waals surface area contributed by atoms with Crippen LogP contribution in [0.3, 0.4) is 0 Å². The Kier molecular flexibility index (Phi) is 6.45. The fourth-order valence-corrected chi connectivity index (χ4v) is 3.53. The van der Waals surface area contributed by atoms with Crippen molar-refractivity contribution in [3.63, 3.8) is 0 Å². The molecule has 0 amide bonds. The van der Waals surface area contributed by atoms with Gasteiger partial charge in [-0.25, -0.2) is 0 Å². The van der Waals surface area contributed by atoms with E-state index in [1.165, 1.54) is 0 Å². The van der Waals surface area contributed by atoms with Crippen LogP contribution in [0.5, 0.6) is 11.5 Å². The Morgan fingerprint density at radius 2 is 1.68 bits per heavy atom. The molecule has 2 aromatic carbocycles. The van der Waals surface area contributed by atoms with E-state index in [2.05, 4.69) is 36.8 Å². The van der Waals surface area contributed by atoms with Crippen LogP contribution < -0.4 is 25.4 Å². The van der Waals surface area contributed by atoms with Crippen molar-refractivity contribution in [2.24, 2.45) is 0 Å². The molecule has 2 aromatic rings. The number of ether oxygens (including phenoxy) is 1. The second kappa shape index (κ2) is 8.11. The number of aliphatic hydroxyl groups excluding tert-OH is 1. The van der Waals surface area contributed by atoms with Gasteiger partial charge in [0.15, 0.2) is 0 Å². The molecule has 0 bridgehead atoms. The third-order valence-corrected chi connectivity index (χ3v) is 4.51. The zero-order valence-corrected chi connectivity index (χ0v) is 14.6. The summed E-state index contributed by atoms with van der Waals surface area (Å²) >= 11 is 2.07. The van der Waals surface area contributed by atoms with Crippen LogP contribution in [0.4, 0.5) is 0 Å². The zero-order valence-electron chi connectivity index (χ0n) is 10.3. The summed E-state index contributed by atoms with van der Waals surface area (Å²) in [5.41, 5.74) is 0. The van der Waals surface area contributed by atoms with Crippen molar-refractivity contribution < 1.29 is 30.6 Å². The minimum absolute atomic E-state index is 0.222. The van der Waals surface area contributed by atoms with E-state index in [9.17, 15) is 0 Å². The van der Waals surface area contributed by atoms with Crippen molar-refractivity contribution in [3.05, 3.63) is 36.4 Å². The van der Waals surface area contributed by atoms with Gasteiger partial charge in [-0.2, -0.15) is 0 Å². The van der Waals surface area contributed by atoms with E-state index in [1.807, 2.05) is 18.2 Å². The van der Waals surface area contributed by atoms with E-state index in [-0.39, 0.29) is 24.3 Å². The topological polar surface area (TPSA) is 38.7 Å². The summed E-state index contributed by atoms with van der Waals surface area (Å²) in [6.07, 6.45) is 1.66. The molecule has 0 aliphatic rings. The van der Waals surface area contributed by atoms with Gasteiger partial charge in [0.25, 0.3) is 0 Å². The molecule has 2 rings (SSSR count). The number of rotatable bonds is 7. The molecule has 19 heavy (non-hydrogen) atoms. The predicted octanol–water partition coefficient (Wildman–Crippen LogP) is 0.724. The first-order valence-corrected chi connectivity index (χ1v) is 13.2. The van der Waals surface area contributed by atoms with Gasteiger partial charge >= 0.3 is 129 Å². The molecule has 0 aliphatic carbocycles. The fraction of sp³-hybridized carbons (Fsp3) is 0.286. The molecule has 3 nitrogen and oxygen atoms in total. The molecule has 1 N–H and O–H groups in total. The molecule has 0 atom stereocenters. The van der Waals surface area contributed by atoms with Gasteiger partial charge < -0.3 is 5.11 Å². The molecule has 0 aromatic heterocycles. The predicted molar refractivity (Wildman–Crippen MR) is 80.4 cm³/mol. The second-order valence-corrected chi connectivity index (χ2v) is 7.09. The van der Waals surface area contributed by atoms with E-state index in [4.69, 9.17) is 12.9 Å². The summed E-state index contributed by atoms with van der Waals surface area (Å²) < 4.78 is 11.2. The minimum atomic E-state index is -0.222. The molecule has 0 radical (unpaired) electrons. The van der Waals surface area contributed by atoms with E-state index in [1.54, 1.807) is 0 Å². The Morgan fingerprint density at radius 1 is 1.00 bits per heavy atom. The average Bonchev–Trinajstić information content (AvgIpc) is 2.44. The molecule has 0 aliphatic heterocycles.